The third kappa shape index (κ3) is 6.91. The van der Waals surface area contributed by atoms with E-state index in [0.717, 1.165) is 25.3 Å². The number of aromatic nitrogens is 1. The Balaban J connectivity index is 1.25. The van der Waals surface area contributed by atoms with E-state index >= 15 is 0 Å². The Morgan fingerprint density at radius 2 is 1.91 bits per heavy atom. The number of ether oxygens (including phenoxy) is 2. The lowest BCUT2D eigenvalue weighted by atomic mass is 10.0. The number of hydrogen-bond donors (Lipinski definition) is 0. The molecular weight excluding hydrogens is 451 g/mol. The van der Waals surface area contributed by atoms with Crippen LogP contribution in [0.25, 0.3) is 0 Å². The molecule has 4 rings (SSSR count). The molecule has 9 heteroatoms. The second-order valence-corrected chi connectivity index (χ2v) is 9.74. The number of likely N-dealkylation sites (tertiary alicyclic amines) is 1. The fourth-order valence-corrected chi connectivity index (χ4v) is 5.21. The van der Waals surface area contributed by atoms with Crippen LogP contribution in [-0.4, -0.2) is 66.8 Å². The maximum Gasteiger partial charge on any atom is 0.443 e. The fraction of sp³-hybridized carbons (Fsp3) is 0.625. The molecule has 0 amide bonds. The highest BCUT2D eigenvalue weighted by Gasteiger charge is 2.36. The Bertz CT molecular complexity index is 869. The van der Waals surface area contributed by atoms with E-state index in [1.807, 2.05) is 12.1 Å². The minimum atomic E-state index is -4.41. The molecule has 2 aliphatic heterocycles. The molecule has 2 aromatic rings. The predicted octanol–water partition coefficient (Wildman–Crippen LogP) is 5.03. The summed E-state index contributed by atoms with van der Waals surface area (Å²) in [5.74, 6) is 0.888. The molecule has 0 aliphatic carbocycles. The van der Waals surface area contributed by atoms with E-state index < -0.39 is 17.3 Å². The number of halogens is 3. The summed E-state index contributed by atoms with van der Waals surface area (Å²) in [6.07, 6.45) is -0.0694. The quantitative estimate of drug-likeness (QED) is 0.527. The van der Waals surface area contributed by atoms with Gasteiger partial charge in [-0.3, -0.25) is 9.80 Å². The molecule has 1 aromatic heterocycles. The average molecular weight is 484 g/mol. The Hall–Kier alpha value is -1.68. The van der Waals surface area contributed by atoms with Crippen molar-refractivity contribution in [1.82, 2.24) is 14.8 Å². The molecule has 5 nitrogen and oxygen atoms in total. The van der Waals surface area contributed by atoms with Crippen LogP contribution >= 0.6 is 11.3 Å². The topological polar surface area (TPSA) is 37.8 Å². The van der Waals surface area contributed by atoms with Crippen molar-refractivity contribution >= 4 is 11.3 Å². The van der Waals surface area contributed by atoms with Gasteiger partial charge in [0, 0.05) is 31.1 Å². The van der Waals surface area contributed by atoms with Crippen LogP contribution in [0.1, 0.15) is 48.6 Å². The van der Waals surface area contributed by atoms with E-state index in [1.165, 1.54) is 43.3 Å². The minimum Gasteiger partial charge on any atom is -0.492 e. The highest BCUT2D eigenvalue weighted by atomic mass is 32.1. The summed E-state index contributed by atoms with van der Waals surface area (Å²) in [6.45, 7) is 7.96. The number of alkyl halides is 3. The number of nitrogens with zero attached hydrogens (tertiary/aromatic N) is 3. The third-order valence-corrected chi connectivity index (χ3v) is 7.30. The second kappa shape index (κ2) is 11.2. The van der Waals surface area contributed by atoms with E-state index in [2.05, 4.69) is 33.8 Å². The van der Waals surface area contributed by atoms with Gasteiger partial charge in [-0.05, 0) is 57.0 Å². The lowest BCUT2D eigenvalue weighted by Crippen LogP contribution is -2.44. The van der Waals surface area contributed by atoms with Gasteiger partial charge < -0.3 is 9.47 Å². The number of benzene rings is 1. The summed E-state index contributed by atoms with van der Waals surface area (Å²) in [5, 5.41) is 0.649. The van der Waals surface area contributed by atoms with Crippen molar-refractivity contribution in [3.8, 4) is 5.75 Å². The minimum absolute atomic E-state index is 0.239. The van der Waals surface area contributed by atoms with Gasteiger partial charge in [-0.25, -0.2) is 4.98 Å². The van der Waals surface area contributed by atoms with Gasteiger partial charge in [-0.2, -0.15) is 13.2 Å². The number of piperidine rings is 1. The van der Waals surface area contributed by atoms with Crippen LogP contribution in [0.3, 0.4) is 0 Å². The molecule has 33 heavy (non-hydrogen) atoms. The van der Waals surface area contributed by atoms with E-state index in [1.54, 1.807) is 0 Å². The zero-order valence-electron chi connectivity index (χ0n) is 19.0. The Kier molecular flexibility index (Phi) is 8.27. The highest BCUT2D eigenvalue weighted by Crippen LogP contribution is 2.34. The van der Waals surface area contributed by atoms with Crippen molar-refractivity contribution in [3.63, 3.8) is 0 Å². The molecule has 0 spiro atoms. The van der Waals surface area contributed by atoms with Gasteiger partial charge in [0.25, 0.3) is 0 Å². The van der Waals surface area contributed by atoms with Crippen molar-refractivity contribution in [2.24, 2.45) is 0 Å². The van der Waals surface area contributed by atoms with Gasteiger partial charge in [-0.15, -0.1) is 11.3 Å². The molecule has 1 aromatic carbocycles. The summed E-state index contributed by atoms with van der Waals surface area (Å²) in [5.41, 5.74) is 1.58. The van der Waals surface area contributed by atoms with E-state index in [0.29, 0.717) is 36.8 Å². The van der Waals surface area contributed by atoms with E-state index in [4.69, 9.17) is 9.47 Å². The molecule has 0 radical (unpaired) electrons. The molecule has 182 valence electrons. The first-order valence-corrected chi connectivity index (χ1v) is 12.6. The molecule has 2 aliphatic rings. The predicted molar refractivity (Wildman–Crippen MR) is 123 cm³/mol. The second-order valence-electron chi connectivity index (χ2n) is 8.88. The molecule has 2 fully saturated rings. The normalized spacial score (nSPS) is 21.8. The van der Waals surface area contributed by atoms with Crippen molar-refractivity contribution in [1.29, 1.82) is 0 Å². The summed E-state index contributed by atoms with van der Waals surface area (Å²) in [7, 11) is 0. The molecule has 2 saturated heterocycles. The zero-order chi connectivity index (χ0) is 23.3. The van der Waals surface area contributed by atoms with Crippen LogP contribution < -0.4 is 4.74 Å². The van der Waals surface area contributed by atoms with Crippen LogP contribution in [0, 0.1) is 0 Å². The van der Waals surface area contributed by atoms with Crippen molar-refractivity contribution < 1.29 is 22.6 Å². The molecule has 2 atom stereocenters. The summed E-state index contributed by atoms with van der Waals surface area (Å²) in [4.78, 5) is 8.50. The van der Waals surface area contributed by atoms with Gasteiger partial charge in [0.2, 0.25) is 0 Å². The maximum atomic E-state index is 12.9. The first kappa shape index (κ1) is 24.4. The first-order chi connectivity index (χ1) is 15.9. The Labute approximate surface area is 197 Å². The smallest absolute Gasteiger partial charge is 0.443 e. The van der Waals surface area contributed by atoms with E-state index in [-0.39, 0.29) is 6.04 Å². The standard InChI is InChI=1S/C24H32F3N3O2S/c1-18(30-12-14-32-22(16-30)21-17-33-23(28-21)24(25,26)27)15-19-5-7-20(8-6-19)31-13-11-29-9-3-2-4-10-29/h5-8,17-18,22H,2-4,9-16H2,1H3. The molecule has 0 saturated carbocycles. The third-order valence-electron chi connectivity index (χ3n) is 6.39. The van der Waals surface area contributed by atoms with Crippen LogP contribution in [0.2, 0.25) is 0 Å². The molecule has 0 N–H and O–H groups in total. The fourth-order valence-electron chi connectivity index (χ4n) is 4.48. The number of thiazole rings is 1. The van der Waals surface area contributed by atoms with Gasteiger partial charge in [0.15, 0.2) is 5.01 Å². The average Bonchev–Trinajstić information content (AvgIpc) is 3.32. The molecule has 2 unspecified atom stereocenters. The van der Waals surface area contributed by atoms with Crippen molar-refractivity contribution in [3.05, 3.63) is 45.9 Å². The van der Waals surface area contributed by atoms with Crippen molar-refractivity contribution in [2.45, 2.75) is 50.9 Å². The SMILES string of the molecule is CC(Cc1ccc(OCCN2CCCCC2)cc1)N1CCOC(c2csc(C(F)(F)F)n2)C1. The molecule has 0 bridgehead atoms. The lowest BCUT2D eigenvalue weighted by molar-refractivity contribution is -0.138. The molecular formula is C24H32F3N3O2S. The van der Waals surface area contributed by atoms with Crippen LogP contribution in [-0.2, 0) is 17.3 Å². The number of hydrogen-bond acceptors (Lipinski definition) is 6. The van der Waals surface area contributed by atoms with Crippen molar-refractivity contribution in [2.75, 3.05) is 45.9 Å². The number of rotatable bonds is 8. The lowest BCUT2D eigenvalue weighted by Gasteiger charge is -2.36. The first-order valence-electron chi connectivity index (χ1n) is 11.7. The Morgan fingerprint density at radius 3 is 2.61 bits per heavy atom. The van der Waals surface area contributed by atoms with E-state index in [9.17, 15) is 13.2 Å². The summed E-state index contributed by atoms with van der Waals surface area (Å²) < 4.78 is 50.3. The monoisotopic (exact) mass is 483 g/mol. The number of morpholine rings is 1. The zero-order valence-corrected chi connectivity index (χ0v) is 19.8. The van der Waals surface area contributed by atoms with Crippen LogP contribution in [0.4, 0.5) is 13.2 Å². The van der Waals surface area contributed by atoms with Crippen LogP contribution in [0.15, 0.2) is 29.6 Å². The van der Waals surface area contributed by atoms with Gasteiger partial charge >= 0.3 is 6.18 Å². The summed E-state index contributed by atoms with van der Waals surface area (Å²) >= 11 is 0.628. The van der Waals surface area contributed by atoms with Gasteiger partial charge in [0.05, 0.1) is 12.3 Å². The Morgan fingerprint density at radius 1 is 1.15 bits per heavy atom. The van der Waals surface area contributed by atoms with Gasteiger partial charge in [0.1, 0.15) is 18.5 Å². The highest BCUT2D eigenvalue weighted by molar-refractivity contribution is 7.09. The summed E-state index contributed by atoms with van der Waals surface area (Å²) in [6, 6.07) is 8.48. The maximum absolute atomic E-state index is 12.9. The van der Waals surface area contributed by atoms with Crippen LogP contribution in [0.5, 0.6) is 5.75 Å². The molecule has 3 heterocycles. The van der Waals surface area contributed by atoms with Gasteiger partial charge in [-0.1, -0.05) is 18.6 Å². The largest absolute Gasteiger partial charge is 0.492 e.